The van der Waals surface area contributed by atoms with Crippen molar-refractivity contribution in [3.63, 3.8) is 0 Å². The van der Waals surface area contributed by atoms with Crippen molar-refractivity contribution in [2.24, 2.45) is 5.92 Å². The molecule has 1 rings (SSSR count). The van der Waals surface area contributed by atoms with E-state index >= 15 is 0 Å². The van der Waals surface area contributed by atoms with Gasteiger partial charge in [0.25, 0.3) is 0 Å². The van der Waals surface area contributed by atoms with E-state index in [1.165, 1.54) is 6.54 Å². The van der Waals surface area contributed by atoms with Crippen molar-refractivity contribution in [2.75, 3.05) is 52.4 Å². The van der Waals surface area contributed by atoms with Crippen LogP contribution < -0.4 is 5.32 Å². The van der Waals surface area contributed by atoms with E-state index in [4.69, 9.17) is 4.74 Å². The maximum absolute atomic E-state index is 11.9. The van der Waals surface area contributed by atoms with Crippen LogP contribution in [0, 0.1) is 5.92 Å². The minimum Gasteiger partial charge on any atom is -0.465 e. The van der Waals surface area contributed by atoms with Crippen LogP contribution in [0.25, 0.3) is 0 Å². The maximum Gasteiger partial charge on any atom is 0.323 e. The van der Waals surface area contributed by atoms with Gasteiger partial charge in [0.2, 0.25) is 0 Å². The summed E-state index contributed by atoms with van der Waals surface area (Å²) in [6.07, 6.45) is 0.830. The Hall–Kier alpha value is -0.650. The highest BCUT2D eigenvalue weighted by Crippen LogP contribution is 2.07. The van der Waals surface area contributed by atoms with Crippen LogP contribution in [-0.2, 0) is 9.53 Å². The molecule has 5 nitrogen and oxygen atoms in total. The zero-order valence-corrected chi connectivity index (χ0v) is 14.2. The minimum absolute atomic E-state index is 0.113. The summed E-state index contributed by atoms with van der Waals surface area (Å²) in [5.41, 5.74) is 0. The fraction of sp³-hybridized carbons (Fsp3) is 0.938. The monoisotopic (exact) mass is 299 g/mol. The van der Waals surface area contributed by atoms with Crippen LogP contribution in [0.15, 0.2) is 0 Å². The molecule has 1 aliphatic heterocycles. The van der Waals surface area contributed by atoms with Gasteiger partial charge in [-0.05, 0) is 25.8 Å². The van der Waals surface area contributed by atoms with Crippen LogP contribution in [0.2, 0.25) is 0 Å². The molecule has 1 aliphatic rings. The van der Waals surface area contributed by atoms with Gasteiger partial charge in [0.05, 0.1) is 6.61 Å². The van der Waals surface area contributed by atoms with Gasteiger partial charge in [-0.25, -0.2) is 0 Å². The lowest BCUT2D eigenvalue weighted by atomic mass is 10.1. The van der Waals surface area contributed by atoms with E-state index in [2.05, 4.69) is 29.0 Å². The Morgan fingerprint density at radius 2 is 1.76 bits per heavy atom. The largest absolute Gasteiger partial charge is 0.465 e. The molecule has 0 amide bonds. The van der Waals surface area contributed by atoms with Gasteiger partial charge in [0.1, 0.15) is 6.04 Å². The summed E-state index contributed by atoms with van der Waals surface area (Å²) in [4.78, 5) is 16.9. The van der Waals surface area contributed by atoms with Crippen molar-refractivity contribution in [2.45, 2.75) is 40.2 Å². The summed E-state index contributed by atoms with van der Waals surface area (Å²) < 4.78 is 5.13. The summed E-state index contributed by atoms with van der Waals surface area (Å²) in [5, 5.41) is 3.23. The fourth-order valence-electron chi connectivity index (χ4n) is 2.82. The van der Waals surface area contributed by atoms with Crippen molar-refractivity contribution in [3.05, 3.63) is 0 Å². The summed E-state index contributed by atoms with van der Waals surface area (Å²) >= 11 is 0. The Bertz CT molecular complexity index is 289. The third-order valence-electron chi connectivity index (χ3n) is 3.84. The van der Waals surface area contributed by atoms with Crippen LogP contribution in [-0.4, -0.2) is 74.2 Å². The first kappa shape index (κ1) is 18.4. The van der Waals surface area contributed by atoms with E-state index < -0.39 is 0 Å². The van der Waals surface area contributed by atoms with E-state index in [0.29, 0.717) is 6.61 Å². The Balaban J connectivity index is 2.28. The predicted octanol–water partition coefficient (Wildman–Crippen LogP) is 1.19. The first-order chi connectivity index (χ1) is 10.1. The Morgan fingerprint density at radius 1 is 1.14 bits per heavy atom. The van der Waals surface area contributed by atoms with Crippen molar-refractivity contribution < 1.29 is 9.53 Å². The smallest absolute Gasteiger partial charge is 0.323 e. The van der Waals surface area contributed by atoms with E-state index in [1.807, 2.05) is 13.8 Å². The average Bonchev–Trinajstić information content (AvgIpc) is 2.44. The average molecular weight is 299 g/mol. The summed E-state index contributed by atoms with van der Waals surface area (Å²) in [6, 6.07) is -0.163. The Kier molecular flexibility index (Phi) is 8.88. The molecule has 0 saturated carbocycles. The van der Waals surface area contributed by atoms with Gasteiger partial charge in [-0.15, -0.1) is 0 Å². The first-order valence-corrected chi connectivity index (χ1v) is 8.41. The second kappa shape index (κ2) is 10.1. The standard InChI is InChI=1S/C16H33N3O2/c1-5-17-15(16(20)21-6-2)7-8-18-9-11-19(12-10-18)13-14(3)4/h14-15,17H,5-13H2,1-4H3. The van der Waals surface area contributed by atoms with Gasteiger partial charge in [0, 0.05) is 39.3 Å². The molecule has 1 fully saturated rings. The zero-order valence-electron chi connectivity index (χ0n) is 14.2. The van der Waals surface area contributed by atoms with E-state index in [-0.39, 0.29) is 12.0 Å². The number of esters is 1. The Morgan fingerprint density at radius 3 is 2.29 bits per heavy atom. The van der Waals surface area contributed by atoms with Crippen LogP contribution in [0.3, 0.4) is 0 Å². The third kappa shape index (κ3) is 7.25. The van der Waals surface area contributed by atoms with Crippen LogP contribution in [0.4, 0.5) is 0 Å². The third-order valence-corrected chi connectivity index (χ3v) is 3.84. The van der Waals surface area contributed by atoms with Crippen LogP contribution >= 0.6 is 0 Å². The SMILES string of the molecule is CCNC(CCN1CCN(CC(C)C)CC1)C(=O)OCC. The molecular weight excluding hydrogens is 266 g/mol. The fourth-order valence-corrected chi connectivity index (χ4v) is 2.82. The number of hydrogen-bond acceptors (Lipinski definition) is 5. The van der Waals surface area contributed by atoms with Crippen molar-refractivity contribution in [3.8, 4) is 0 Å². The number of hydrogen-bond donors (Lipinski definition) is 1. The lowest BCUT2D eigenvalue weighted by Crippen LogP contribution is -2.49. The molecule has 1 saturated heterocycles. The molecule has 21 heavy (non-hydrogen) atoms. The molecule has 0 aliphatic carbocycles. The van der Waals surface area contributed by atoms with Gasteiger partial charge < -0.3 is 19.9 Å². The van der Waals surface area contributed by atoms with E-state index in [9.17, 15) is 4.79 Å². The number of likely N-dealkylation sites (N-methyl/N-ethyl adjacent to an activating group) is 1. The normalized spacial score (nSPS) is 18.9. The number of nitrogens with zero attached hydrogens (tertiary/aromatic N) is 2. The number of rotatable bonds is 9. The van der Waals surface area contributed by atoms with Gasteiger partial charge in [0.15, 0.2) is 0 Å². The molecular formula is C16H33N3O2. The quantitative estimate of drug-likeness (QED) is 0.648. The molecule has 0 aromatic carbocycles. The number of carbonyl (C=O) groups excluding carboxylic acids is 1. The molecule has 0 spiro atoms. The topological polar surface area (TPSA) is 44.8 Å². The number of carbonyl (C=O) groups is 1. The molecule has 124 valence electrons. The summed E-state index contributed by atoms with van der Waals surface area (Å²) in [5.74, 6) is 0.622. The van der Waals surface area contributed by atoms with Crippen molar-refractivity contribution in [1.82, 2.24) is 15.1 Å². The van der Waals surface area contributed by atoms with Crippen LogP contribution in [0.1, 0.15) is 34.1 Å². The van der Waals surface area contributed by atoms with E-state index in [0.717, 1.165) is 51.6 Å². The molecule has 0 aromatic heterocycles. The number of ether oxygens (including phenoxy) is 1. The van der Waals surface area contributed by atoms with Crippen molar-refractivity contribution >= 4 is 5.97 Å². The molecule has 1 unspecified atom stereocenters. The molecule has 0 bridgehead atoms. The van der Waals surface area contributed by atoms with Gasteiger partial charge >= 0.3 is 5.97 Å². The van der Waals surface area contributed by atoms with Crippen molar-refractivity contribution in [1.29, 1.82) is 0 Å². The highest BCUT2D eigenvalue weighted by Gasteiger charge is 2.22. The second-order valence-corrected chi connectivity index (χ2v) is 6.19. The molecule has 1 atom stereocenters. The molecule has 1 N–H and O–H groups in total. The summed E-state index contributed by atoms with van der Waals surface area (Å²) in [7, 11) is 0. The van der Waals surface area contributed by atoms with Crippen LogP contribution in [0.5, 0.6) is 0 Å². The Labute approximate surface area is 130 Å². The molecule has 5 heteroatoms. The highest BCUT2D eigenvalue weighted by molar-refractivity contribution is 5.75. The van der Waals surface area contributed by atoms with Gasteiger partial charge in [-0.2, -0.15) is 0 Å². The lowest BCUT2D eigenvalue weighted by molar-refractivity contribution is -0.145. The number of piperazine rings is 1. The minimum atomic E-state index is -0.163. The molecule has 0 radical (unpaired) electrons. The predicted molar refractivity (Wildman–Crippen MR) is 86.4 cm³/mol. The van der Waals surface area contributed by atoms with E-state index in [1.54, 1.807) is 0 Å². The zero-order chi connectivity index (χ0) is 15.7. The second-order valence-electron chi connectivity index (χ2n) is 6.19. The molecule has 0 aromatic rings. The first-order valence-electron chi connectivity index (χ1n) is 8.41. The summed E-state index contributed by atoms with van der Waals surface area (Å²) in [6.45, 7) is 16.3. The van der Waals surface area contributed by atoms with Gasteiger partial charge in [-0.1, -0.05) is 20.8 Å². The number of nitrogens with one attached hydrogen (secondary N) is 1. The molecule has 1 heterocycles. The maximum atomic E-state index is 11.9. The highest BCUT2D eigenvalue weighted by atomic mass is 16.5. The van der Waals surface area contributed by atoms with Gasteiger partial charge in [-0.3, -0.25) is 4.79 Å². The lowest BCUT2D eigenvalue weighted by Gasteiger charge is -2.36.